The molecule has 1 saturated heterocycles. The van der Waals surface area contributed by atoms with Gasteiger partial charge >= 0.3 is 0 Å². The van der Waals surface area contributed by atoms with Crippen molar-refractivity contribution >= 4 is 27.3 Å². The van der Waals surface area contributed by atoms with Gasteiger partial charge in [-0.25, -0.2) is 0 Å². The molecule has 0 spiro atoms. The van der Waals surface area contributed by atoms with Crippen LogP contribution < -0.4 is 10.6 Å². The van der Waals surface area contributed by atoms with Gasteiger partial charge in [0.05, 0.1) is 11.4 Å². The molecule has 1 aliphatic heterocycles. The van der Waals surface area contributed by atoms with Crippen LogP contribution in [0.25, 0.3) is 0 Å². The number of benzene rings is 1. The molecule has 1 fully saturated rings. The van der Waals surface area contributed by atoms with Gasteiger partial charge in [-0.3, -0.25) is 0 Å². The molecule has 0 unspecified atom stereocenters. The van der Waals surface area contributed by atoms with Crippen LogP contribution >= 0.6 is 15.9 Å². The summed E-state index contributed by atoms with van der Waals surface area (Å²) in [4.78, 5) is 2.42. The third-order valence-electron chi connectivity index (χ3n) is 3.81. The first-order valence-corrected chi connectivity index (χ1v) is 7.17. The van der Waals surface area contributed by atoms with Crippen molar-refractivity contribution in [3.8, 4) is 0 Å². The Morgan fingerprint density at radius 1 is 1.29 bits per heavy atom. The summed E-state index contributed by atoms with van der Waals surface area (Å²) in [5, 5.41) is 0. The van der Waals surface area contributed by atoms with Crippen molar-refractivity contribution in [1.82, 2.24) is 0 Å². The van der Waals surface area contributed by atoms with E-state index in [-0.39, 0.29) is 0 Å². The van der Waals surface area contributed by atoms with Gasteiger partial charge in [-0.15, -0.1) is 0 Å². The van der Waals surface area contributed by atoms with Crippen LogP contribution in [-0.4, -0.2) is 13.1 Å². The van der Waals surface area contributed by atoms with Crippen molar-refractivity contribution in [3.63, 3.8) is 0 Å². The second-order valence-electron chi connectivity index (χ2n) is 5.27. The fourth-order valence-electron chi connectivity index (χ4n) is 2.62. The first kappa shape index (κ1) is 12.7. The SMILES string of the molecule is CC(C)C1CCN(c2ccc(Br)cc2N)CC1. The van der Waals surface area contributed by atoms with E-state index in [1.165, 1.54) is 18.5 Å². The molecule has 2 rings (SSSR count). The number of nitrogen functional groups attached to an aromatic ring is 1. The van der Waals surface area contributed by atoms with Gasteiger partial charge in [0.15, 0.2) is 0 Å². The molecule has 2 N–H and O–H groups in total. The Bertz CT molecular complexity index is 382. The maximum Gasteiger partial charge on any atom is 0.0600 e. The summed E-state index contributed by atoms with van der Waals surface area (Å²) >= 11 is 3.45. The first-order valence-electron chi connectivity index (χ1n) is 6.38. The third kappa shape index (κ3) is 2.95. The summed E-state index contributed by atoms with van der Waals surface area (Å²) in [7, 11) is 0. The standard InChI is InChI=1S/C14H21BrN2/c1-10(2)11-5-7-17(8-6-11)14-4-3-12(15)9-13(14)16/h3-4,9-11H,5-8,16H2,1-2H3. The van der Waals surface area contributed by atoms with Crippen LogP contribution in [-0.2, 0) is 0 Å². The van der Waals surface area contributed by atoms with Gasteiger partial charge < -0.3 is 10.6 Å². The van der Waals surface area contributed by atoms with E-state index in [9.17, 15) is 0 Å². The minimum Gasteiger partial charge on any atom is -0.397 e. The normalized spacial score (nSPS) is 17.8. The first-order chi connectivity index (χ1) is 8.08. The van der Waals surface area contributed by atoms with Crippen LogP contribution in [0, 0.1) is 11.8 Å². The average Bonchev–Trinajstić information content (AvgIpc) is 2.29. The number of nitrogens with zero attached hydrogens (tertiary/aromatic N) is 1. The Hall–Kier alpha value is -0.700. The molecule has 94 valence electrons. The Morgan fingerprint density at radius 2 is 1.94 bits per heavy atom. The van der Waals surface area contributed by atoms with Crippen LogP contribution in [0.5, 0.6) is 0 Å². The van der Waals surface area contributed by atoms with Crippen molar-refractivity contribution in [2.24, 2.45) is 11.8 Å². The molecule has 1 aromatic rings. The second-order valence-corrected chi connectivity index (χ2v) is 6.19. The van der Waals surface area contributed by atoms with Crippen LogP contribution in [0.4, 0.5) is 11.4 Å². The Balaban J connectivity index is 2.05. The zero-order chi connectivity index (χ0) is 12.4. The van der Waals surface area contributed by atoms with Gasteiger partial charge in [0, 0.05) is 17.6 Å². The molecule has 0 bridgehead atoms. The quantitative estimate of drug-likeness (QED) is 0.839. The number of hydrogen-bond acceptors (Lipinski definition) is 2. The van der Waals surface area contributed by atoms with Crippen molar-refractivity contribution in [3.05, 3.63) is 22.7 Å². The molecular weight excluding hydrogens is 276 g/mol. The minimum atomic E-state index is 0.805. The van der Waals surface area contributed by atoms with Crippen LogP contribution in [0.15, 0.2) is 22.7 Å². The summed E-state index contributed by atoms with van der Waals surface area (Å²) in [6, 6.07) is 6.18. The fraction of sp³-hybridized carbons (Fsp3) is 0.571. The number of anilines is 2. The monoisotopic (exact) mass is 296 g/mol. The number of piperidine rings is 1. The molecule has 17 heavy (non-hydrogen) atoms. The summed E-state index contributed by atoms with van der Waals surface area (Å²) in [6.07, 6.45) is 2.57. The van der Waals surface area contributed by atoms with Crippen LogP contribution in [0.3, 0.4) is 0 Å². The van der Waals surface area contributed by atoms with Crippen molar-refractivity contribution < 1.29 is 0 Å². The van der Waals surface area contributed by atoms with Crippen molar-refractivity contribution in [1.29, 1.82) is 0 Å². The third-order valence-corrected chi connectivity index (χ3v) is 4.31. The maximum absolute atomic E-state index is 6.08. The number of nitrogens with two attached hydrogens (primary N) is 1. The van der Waals surface area contributed by atoms with E-state index in [1.54, 1.807) is 0 Å². The highest BCUT2D eigenvalue weighted by Gasteiger charge is 2.22. The van der Waals surface area contributed by atoms with Crippen LogP contribution in [0.1, 0.15) is 26.7 Å². The molecule has 0 aromatic heterocycles. The van der Waals surface area contributed by atoms with Crippen molar-refractivity contribution in [2.75, 3.05) is 23.7 Å². The van der Waals surface area contributed by atoms with E-state index in [0.29, 0.717) is 0 Å². The lowest BCUT2D eigenvalue weighted by Crippen LogP contribution is -2.35. The Morgan fingerprint density at radius 3 is 2.47 bits per heavy atom. The number of halogens is 1. The van der Waals surface area contributed by atoms with E-state index in [2.05, 4.69) is 46.8 Å². The van der Waals surface area contributed by atoms with Gasteiger partial charge in [0.25, 0.3) is 0 Å². The number of rotatable bonds is 2. The molecule has 0 amide bonds. The van der Waals surface area contributed by atoms with Gasteiger partial charge in [-0.2, -0.15) is 0 Å². The fourth-order valence-corrected chi connectivity index (χ4v) is 3.00. The summed E-state index contributed by atoms with van der Waals surface area (Å²) < 4.78 is 1.05. The van der Waals surface area contributed by atoms with E-state index < -0.39 is 0 Å². The zero-order valence-corrected chi connectivity index (χ0v) is 12.2. The Labute approximate surface area is 112 Å². The van der Waals surface area contributed by atoms with E-state index in [0.717, 1.165) is 35.1 Å². The maximum atomic E-state index is 6.08. The van der Waals surface area contributed by atoms with Gasteiger partial charge in [-0.1, -0.05) is 29.8 Å². The average molecular weight is 297 g/mol. The Kier molecular flexibility index (Phi) is 3.97. The highest BCUT2D eigenvalue weighted by molar-refractivity contribution is 9.10. The molecule has 0 aliphatic carbocycles. The zero-order valence-electron chi connectivity index (χ0n) is 10.6. The predicted octanol–water partition coefficient (Wildman–Crippen LogP) is 3.90. The van der Waals surface area contributed by atoms with Gasteiger partial charge in [0.2, 0.25) is 0 Å². The summed E-state index contributed by atoms with van der Waals surface area (Å²) in [5.41, 5.74) is 8.14. The lowest BCUT2D eigenvalue weighted by atomic mass is 9.86. The lowest BCUT2D eigenvalue weighted by Gasteiger charge is -2.35. The number of hydrogen-bond donors (Lipinski definition) is 1. The van der Waals surface area contributed by atoms with Crippen LogP contribution in [0.2, 0.25) is 0 Å². The highest BCUT2D eigenvalue weighted by atomic mass is 79.9. The molecule has 1 aliphatic rings. The minimum absolute atomic E-state index is 0.805. The topological polar surface area (TPSA) is 29.3 Å². The van der Waals surface area contributed by atoms with E-state index in [4.69, 9.17) is 5.73 Å². The molecule has 0 saturated carbocycles. The van der Waals surface area contributed by atoms with Gasteiger partial charge in [-0.05, 0) is 42.9 Å². The molecular formula is C14H21BrN2. The largest absolute Gasteiger partial charge is 0.397 e. The predicted molar refractivity (Wildman–Crippen MR) is 78.3 cm³/mol. The van der Waals surface area contributed by atoms with E-state index in [1.807, 2.05) is 6.07 Å². The summed E-state index contributed by atoms with van der Waals surface area (Å²) in [6.45, 7) is 6.92. The van der Waals surface area contributed by atoms with Gasteiger partial charge in [0.1, 0.15) is 0 Å². The van der Waals surface area contributed by atoms with E-state index >= 15 is 0 Å². The smallest absolute Gasteiger partial charge is 0.0600 e. The molecule has 1 heterocycles. The second kappa shape index (κ2) is 5.30. The molecule has 1 aromatic carbocycles. The lowest BCUT2D eigenvalue weighted by molar-refractivity contribution is 0.311. The molecule has 3 heteroatoms. The van der Waals surface area contributed by atoms with Crippen molar-refractivity contribution in [2.45, 2.75) is 26.7 Å². The molecule has 0 radical (unpaired) electrons. The molecule has 2 nitrogen and oxygen atoms in total. The highest BCUT2D eigenvalue weighted by Crippen LogP contribution is 2.32. The molecule has 0 atom stereocenters. The summed E-state index contributed by atoms with van der Waals surface area (Å²) in [5.74, 6) is 1.68.